The normalized spacial score (nSPS) is 11.3. The Balaban J connectivity index is 2.00. The van der Waals surface area contributed by atoms with E-state index in [0.717, 1.165) is 40.6 Å². The van der Waals surface area contributed by atoms with Crippen LogP contribution in [0.5, 0.6) is 0 Å². The summed E-state index contributed by atoms with van der Waals surface area (Å²) in [5.41, 5.74) is 0.775. The van der Waals surface area contributed by atoms with E-state index in [9.17, 15) is 4.39 Å². The van der Waals surface area contributed by atoms with Gasteiger partial charge in [-0.05, 0) is 18.6 Å². The second-order valence-corrected chi connectivity index (χ2v) is 5.29. The molecule has 0 unspecified atom stereocenters. The quantitative estimate of drug-likeness (QED) is 0.734. The van der Waals surface area contributed by atoms with E-state index in [-0.39, 0.29) is 5.82 Å². The molecule has 0 saturated heterocycles. The summed E-state index contributed by atoms with van der Waals surface area (Å²) in [6.45, 7) is 2.14. The van der Waals surface area contributed by atoms with E-state index < -0.39 is 0 Å². The summed E-state index contributed by atoms with van der Waals surface area (Å²) < 4.78 is 15.0. The smallest absolute Gasteiger partial charge is 0.207 e. The molecular formula is C13H13FN4S. The Kier molecular flexibility index (Phi) is 3.25. The molecule has 0 atom stereocenters. The average Bonchev–Trinajstić information content (AvgIpc) is 2.97. The molecule has 2 aromatic heterocycles. The van der Waals surface area contributed by atoms with E-state index in [1.54, 1.807) is 10.6 Å². The Morgan fingerprint density at radius 1 is 1.32 bits per heavy atom. The number of halogens is 1. The fraction of sp³-hybridized carbons (Fsp3) is 0.308. The lowest BCUT2D eigenvalue weighted by atomic mass is 10.2. The molecule has 0 aliphatic carbocycles. The van der Waals surface area contributed by atoms with E-state index in [0.29, 0.717) is 0 Å². The molecule has 19 heavy (non-hydrogen) atoms. The molecule has 0 N–H and O–H groups in total. The van der Waals surface area contributed by atoms with Crippen LogP contribution in [0.25, 0.3) is 15.5 Å². The molecule has 4 nitrogen and oxygen atoms in total. The van der Waals surface area contributed by atoms with Gasteiger partial charge < -0.3 is 0 Å². The minimum absolute atomic E-state index is 0.255. The molecule has 0 bridgehead atoms. The molecule has 0 amide bonds. The van der Waals surface area contributed by atoms with Crippen LogP contribution in [0.15, 0.2) is 24.3 Å². The molecule has 0 aliphatic rings. The highest BCUT2D eigenvalue weighted by molar-refractivity contribution is 7.19. The van der Waals surface area contributed by atoms with Gasteiger partial charge in [-0.1, -0.05) is 36.8 Å². The summed E-state index contributed by atoms with van der Waals surface area (Å²) >= 11 is 1.42. The topological polar surface area (TPSA) is 43.1 Å². The number of aromatic nitrogens is 4. The molecule has 0 radical (unpaired) electrons. The zero-order chi connectivity index (χ0) is 13.2. The first-order valence-corrected chi connectivity index (χ1v) is 7.06. The van der Waals surface area contributed by atoms with Crippen molar-refractivity contribution in [2.75, 3.05) is 0 Å². The van der Waals surface area contributed by atoms with Gasteiger partial charge in [0.15, 0.2) is 5.82 Å². The second kappa shape index (κ2) is 5.05. The lowest BCUT2D eigenvalue weighted by Crippen LogP contribution is -1.96. The predicted octanol–water partition coefficient (Wildman–Crippen LogP) is 3.33. The van der Waals surface area contributed by atoms with Crippen molar-refractivity contribution in [1.29, 1.82) is 0 Å². The van der Waals surface area contributed by atoms with Crippen LogP contribution in [0, 0.1) is 5.82 Å². The molecule has 0 fully saturated rings. The molecule has 0 aliphatic heterocycles. The van der Waals surface area contributed by atoms with Crippen LogP contribution in [0.2, 0.25) is 0 Å². The molecule has 0 saturated carbocycles. The number of rotatable bonds is 4. The van der Waals surface area contributed by atoms with Gasteiger partial charge in [-0.2, -0.15) is 9.61 Å². The fourth-order valence-corrected chi connectivity index (χ4v) is 2.74. The largest absolute Gasteiger partial charge is 0.234 e. The molecule has 2 heterocycles. The van der Waals surface area contributed by atoms with E-state index in [1.807, 2.05) is 6.07 Å². The van der Waals surface area contributed by atoms with Gasteiger partial charge in [0.1, 0.15) is 10.8 Å². The summed E-state index contributed by atoms with van der Waals surface area (Å²) in [7, 11) is 0. The third-order valence-electron chi connectivity index (χ3n) is 2.88. The fourth-order valence-electron chi connectivity index (χ4n) is 1.89. The summed E-state index contributed by atoms with van der Waals surface area (Å²) in [4.78, 5) is 0.755. The number of hydrogen-bond acceptors (Lipinski definition) is 4. The molecule has 6 heteroatoms. The number of nitrogens with zero attached hydrogens (tertiary/aromatic N) is 4. The number of hydrogen-bond donors (Lipinski definition) is 0. The lowest BCUT2D eigenvalue weighted by molar-refractivity contribution is 0.628. The van der Waals surface area contributed by atoms with Crippen molar-refractivity contribution in [3.63, 3.8) is 0 Å². The van der Waals surface area contributed by atoms with Gasteiger partial charge in [0, 0.05) is 12.0 Å². The van der Waals surface area contributed by atoms with Crippen molar-refractivity contribution in [2.45, 2.75) is 26.2 Å². The third kappa shape index (κ3) is 2.35. The number of benzene rings is 1. The molecule has 3 aromatic rings. The zero-order valence-corrected chi connectivity index (χ0v) is 11.3. The van der Waals surface area contributed by atoms with Crippen molar-refractivity contribution in [2.24, 2.45) is 0 Å². The standard InChI is InChI=1S/C13H13FN4S/c1-2-3-7-11-15-16-13-18(11)17-12(19-13)9-5-4-6-10(14)8-9/h4-6,8H,2-3,7H2,1H3. The van der Waals surface area contributed by atoms with E-state index in [2.05, 4.69) is 22.2 Å². The highest BCUT2D eigenvalue weighted by atomic mass is 32.1. The van der Waals surface area contributed by atoms with Crippen LogP contribution >= 0.6 is 11.3 Å². The Labute approximate surface area is 113 Å². The molecule has 1 aromatic carbocycles. The number of fused-ring (bicyclic) bond motifs is 1. The first-order valence-electron chi connectivity index (χ1n) is 6.25. The first kappa shape index (κ1) is 12.2. The zero-order valence-electron chi connectivity index (χ0n) is 10.5. The maximum Gasteiger partial charge on any atom is 0.234 e. The summed E-state index contributed by atoms with van der Waals surface area (Å²) in [6.07, 6.45) is 3.04. The van der Waals surface area contributed by atoms with Crippen molar-refractivity contribution in [3.8, 4) is 10.6 Å². The van der Waals surface area contributed by atoms with Crippen LogP contribution in [-0.2, 0) is 6.42 Å². The van der Waals surface area contributed by atoms with E-state index >= 15 is 0 Å². The van der Waals surface area contributed by atoms with Gasteiger partial charge in [-0.15, -0.1) is 10.2 Å². The lowest BCUT2D eigenvalue weighted by Gasteiger charge is -1.95. The van der Waals surface area contributed by atoms with Crippen molar-refractivity contribution in [3.05, 3.63) is 35.9 Å². The monoisotopic (exact) mass is 276 g/mol. The summed E-state index contributed by atoms with van der Waals surface area (Å²) in [5, 5.41) is 13.5. The van der Waals surface area contributed by atoms with Gasteiger partial charge in [0.25, 0.3) is 0 Å². The molecule has 3 rings (SSSR count). The SMILES string of the molecule is CCCCc1nnc2sc(-c3cccc(F)c3)nn12. The Morgan fingerprint density at radius 3 is 3.00 bits per heavy atom. The average molecular weight is 276 g/mol. The minimum atomic E-state index is -0.255. The van der Waals surface area contributed by atoms with Gasteiger partial charge in [-0.25, -0.2) is 4.39 Å². The minimum Gasteiger partial charge on any atom is -0.207 e. The Morgan fingerprint density at radius 2 is 2.21 bits per heavy atom. The maximum absolute atomic E-state index is 13.2. The molecule has 98 valence electrons. The van der Waals surface area contributed by atoms with Crippen molar-refractivity contribution >= 4 is 16.3 Å². The van der Waals surface area contributed by atoms with Crippen LogP contribution in [0.4, 0.5) is 4.39 Å². The second-order valence-electron chi connectivity index (χ2n) is 4.33. The van der Waals surface area contributed by atoms with E-state index in [4.69, 9.17) is 0 Å². The predicted molar refractivity (Wildman–Crippen MR) is 72.7 cm³/mol. The number of aryl methyl sites for hydroxylation is 1. The highest BCUT2D eigenvalue weighted by Gasteiger charge is 2.12. The highest BCUT2D eigenvalue weighted by Crippen LogP contribution is 2.26. The van der Waals surface area contributed by atoms with E-state index in [1.165, 1.54) is 23.5 Å². The summed E-state index contributed by atoms with van der Waals surface area (Å²) in [6, 6.07) is 6.44. The third-order valence-corrected chi connectivity index (χ3v) is 3.83. The van der Waals surface area contributed by atoms with Crippen molar-refractivity contribution < 1.29 is 4.39 Å². The summed E-state index contributed by atoms with van der Waals surface area (Å²) in [5.74, 6) is 0.616. The first-order chi connectivity index (χ1) is 9.28. The maximum atomic E-state index is 13.2. The van der Waals surface area contributed by atoms with Crippen LogP contribution in [0.1, 0.15) is 25.6 Å². The van der Waals surface area contributed by atoms with Crippen LogP contribution < -0.4 is 0 Å². The Hall–Kier alpha value is -1.82. The molecular weight excluding hydrogens is 263 g/mol. The van der Waals surface area contributed by atoms with Crippen molar-refractivity contribution in [1.82, 2.24) is 19.8 Å². The van der Waals surface area contributed by atoms with Gasteiger partial charge in [0.2, 0.25) is 4.96 Å². The number of unbranched alkanes of at least 4 members (excludes halogenated alkanes) is 1. The molecule has 0 spiro atoms. The van der Waals surface area contributed by atoms with Crippen LogP contribution in [-0.4, -0.2) is 19.8 Å². The van der Waals surface area contributed by atoms with Gasteiger partial charge >= 0.3 is 0 Å². The van der Waals surface area contributed by atoms with Gasteiger partial charge in [-0.3, -0.25) is 0 Å². The Bertz CT molecular complexity index is 704. The van der Waals surface area contributed by atoms with Gasteiger partial charge in [0.05, 0.1) is 0 Å². The van der Waals surface area contributed by atoms with Crippen LogP contribution in [0.3, 0.4) is 0 Å².